The third-order valence-electron chi connectivity index (χ3n) is 3.54. The zero-order valence-electron chi connectivity index (χ0n) is 11.7. The number of nitrogens with one attached hydrogen (secondary N) is 1. The summed E-state index contributed by atoms with van der Waals surface area (Å²) < 4.78 is 2.32. The highest BCUT2D eigenvalue weighted by atomic mass is 15.0. The lowest BCUT2D eigenvalue weighted by Crippen LogP contribution is -2.13. The molecule has 3 aromatic rings. The summed E-state index contributed by atoms with van der Waals surface area (Å²) in [6, 6.07) is 12.8. The molecule has 1 aromatic carbocycles. The summed E-state index contributed by atoms with van der Waals surface area (Å²) in [6.45, 7) is 4.92. The van der Waals surface area contributed by atoms with Crippen molar-refractivity contribution in [3.63, 3.8) is 0 Å². The third kappa shape index (κ3) is 2.58. The average Bonchev–Trinajstić information content (AvgIpc) is 2.90. The molecule has 0 spiro atoms. The van der Waals surface area contributed by atoms with Gasteiger partial charge in [0.15, 0.2) is 0 Å². The van der Waals surface area contributed by atoms with Gasteiger partial charge in [-0.25, -0.2) is 0 Å². The largest absolute Gasteiger partial charge is 0.343 e. The number of rotatable bonds is 5. The van der Waals surface area contributed by atoms with Crippen LogP contribution in [0.2, 0.25) is 0 Å². The van der Waals surface area contributed by atoms with Gasteiger partial charge in [-0.3, -0.25) is 4.98 Å². The van der Waals surface area contributed by atoms with Crippen molar-refractivity contribution in [1.29, 1.82) is 0 Å². The topological polar surface area (TPSA) is 29.9 Å². The van der Waals surface area contributed by atoms with Gasteiger partial charge in [0.05, 0.1) is 5.52 Å². The fraction of sp³-hybridized carbons (Fsp3) is 0.235. The van der Waals surface area contributed by atoms with Crippen LogP contribution in [-0.4, -0.2) is 16.1 Å². The number of aromatic nitrogens is 2. The van der Waals surface area contributed by atoms with Gasteiger partial charge in [0.1, 0.15) is 0 Å². The second-order valence-electron chi connectivity index (χ2n) is 4.93. The number of pyridine rings is 1. The molecule has 102 valence electrons. The van der Waals surface area contributed by atoms with Gasteiger partial charge in [-0.05, 0) is 41.3 Å². The summed E-state index contributed by atoms with van der Waals surface area (Å²) in [5.41, 5.74) is 3.95. The number of hydrogen-bond donors (Lipinski definition) is 1. The highest BCUT2D eigenvalue weighted by Crippen LogP contribution is 2.21. The van der Waals surface area contributed by atoms with E-state index in [4.69, 9.17) is 0 Å². The summed E-state index contributed by atoms with van der Waals surface area (Å²) in [5, 5.41) is 4.71. The fourth-order valence-corrected chi connectivity index (χ4v) is 2.56. The number of benzene rings is 1. The Morgan fingerprint density at radius 2 is 1.95 bits per heavy atom. The van der Waals surface area contributed by atoms with E-state index in [9.17, 15) is 0 Å². The average molecular weight is 265 g/mol. The first-order valence-electron chi connectivity index (χ1n) is 7.05. The molecule has 0 saturated carbocycles. The van der Waals surface area contributed by atoms with Gasteiger partial charge in [-0.15, -0.1) is 0 Å². The maximum Gasteiger partial charge on any atom is 0.0529 e. The minimum absolute atomic E-state index is 0.884. The lowest BCUT2D eigenvalue weighted by Gasteiger charge is -2.10. The molecule has 0 radical (unpaired) electrons. The SMILES string of the molecule is CCNCc1cccc2ccn(Cc3ccncc3)c12. The van der Waals surface area contributed by atoms with Crippen LogP contribution in [0.1, 0.15) is 18.1 Å². The minimum Gasteiger partial charge on any atom is -0.343 e. The van der Waals surface area contributed by atoms with Gasteiger partial charge >= 0.3 is 0 Å². The Morgan fingerprint density at radius 3 is 2.75 bits per heavy atom. The summed E-state index contributed by atoms with van der Waals surface area (Å²) in [4.78, 5) is 4.08. The van der Waals surface area contributed by atoms with Crippen LogP contribution >= 0.6 is 0 Å². The van der Waals surface area contributed by atoms with Crippen molar-refractivity contribution in [3.05, 3.63) is 66.1 Å². The van der Waals surface area contributed by atoms with Gasteiger partial charge in [0.2, 0.25) is 0 Å². The van der Waals surface area contributed by atoms with E-state index in [1.807, 2.05) is 12.4 Å². The molecule has 0 unspecified atom stereocenters. The van der Waals surface area contributed by atoms with Gasteiger partial charge in [-0.1, -0.05) is 25.1 Å². The Kier molecular flexibility index (Phi) is 3.79. The molecule has 20 heavy (non-hydrogen) atoms. The summed E-state index contributed by atoms with van der Waals surface area (Å²) in [7, 11) is 0. The smallest absolute Gasteiger partial charge is 0.0529 e. The molecule has 2 aromatic heterocycles. The van der Waals surface area contributed by atoms with Crippen molar-refractivity contribution < 1.29 is 0 Å². The van der Waals surface area contributed by atoms with E-state index >= 15 is 0 Å². The molecule has 3 rings (SSSR count). The maximum atomic E-state index is 4.08. The van der Waals surface area contributed by atoms with E-state index in [0.29, 0.717) is 0 Å². The molecule has 0 atom stereocenters. The van der Waals surface area contributed by atoms with Crippen LogP contribution in [0.25, 0.3) is 10.9 Å². The number of hydrogen-bond acceptors (Lipinski definition) is 2. The number of fused-ring (bicyclic) bond motifs is 1. The molecule has 3 heteroatoms. The van der Waals surface area contributed by atoms with Crippen molar-refractivity contribution in [2.24, 2.45) is 0 Å². The second-order valence-corrected chi connectivity index (χ2v) is 4.93. The summed E-state index contributed by atoms with van der Waals surface area (Å²) in [6.07, 6.45) is 5.86. The van der Waals surface area contributed by atoms with Gasteiger partial charge in [0, 0.05) is 31.7 Å². The highest BCUT2D eigenvalue weighted by Gasteiger charge is 2.06. The standard InChI is InChI=1S/C17H19N3/c1-2-18-12-16-5-3-4-15-8-11-20(17(15)16)13-14-6-9-19-10-7-14/h3-11,18H,2,12-13H2,1H3. The second kappa shape index (κ2) is 5.88. The first-order chi connectivity index (χ1) is 9.88. The Hall–Kier alpha value is -2.13. The Morgan fingerprint density at radius 1 is 1.10 bits per heavy atom. The first-order valence-corrected chi connectivity index (χ1v) is 7.05. The molecular formula is C17H19N3. The van der Waals surface area contributed by atoms with Crippen LogP contribution in [0.4, 0.5) is 0 Å². The Bertz CT molecular complexity index is 686. The molecular weight excluding hydrogens is 246 g/mol. The predicted molar refractivity (Wildman–Crippen MR) is 82.7 cm³/mol. The van der Waals surface area contributed by atoms with Crippen LogP contribution in [0, 0.1) is 0 Å². The monoisotopic (exact) mass is 265 g/mol. The molecule has 0 aliphatic carbocycles. The van der Waals surface area contributed by atoms with Crippen molar-refractivity contribution in [2.75, 3.05) is 6.54 Å². The van der Waals surface area contributed by atoms with Crippen LogP contribution in [0.3, 0.4) is 0 Å². The van der Waals surface area contributed by atoms with Gasteiger partial charge in [-0.2, -0.15) is 0 Å². The lowest BCUT2D eigenvalue weighted by atomic mass is 10.1. The minimum atomic E-state index is 0.884. The molecule has 3 nitrogen and oxygen atoms in total. The van der Waals surface area contributed by atoms with Gasteiger partial charge in [0.25, 0.3) is 0 Å². The molecule has 0 amide bonds. The quantitative estimate of drug-likeness (QED) is 0.768. The lowest BCUT2D eigenvalue weighted by molar-refractivity contribution is 0.724. The van der Waals surface area contributed by atoms with Crippen molar-refractivity contribution >= 4 is 10.9 Å². The molecule has 0 saturated heterocycles. The summed E-state index contributed by atoms with van der Waals surface area (Å²) in [5.74, 6) is 0. The maximum absolute atomic E-state index is 4.08. The summed E-state index contributed by atoms with van der Waals surface area (Å²) >= 11 is 0. The molecule has 0 aliphatic heterocycles. The third-order valence-corrected chi connectivity index (χ3v) is 3.54. The van der Waals surface area contributed by atoms with Crippen LogP contribution < -0.4 is 5.32 Å². The van der Waals surface area contributed by atoms with E-state index < -0.39 is 0 Å². The zero-order valence-corrected chi connectivity index (χ0v) is 11.7. The van der Waals surface area contributed by atoms with Crippen LogP contribution in [0.5, 0.6) is 0 Å². The van der Waals surface area contributed by atoms with E-state index in [1.165, 1.54) is 22.0 Å². The van der Waals surface area contributed by atoms with Crippen LogP contribution in [-0.2, 0) is 13.1 Å². The first kappa shape index (κ1) is 12.9. The van der Waals surface area contributed by atoms with E-state index in [-0.39, 0.29) is 0 Å². The fourth-order valence-electron chi connectivity index (χ4n) is 2.56. The van der Waals surface area contributed by atoms with E-state index in [1.54, 1.807) is 0 Å². The van der Waals surface area contributed by atoms with Gasteiger partial charge < -0.3 is 9.88 Å². The Labute approximate surface area is 119 Å². The molecule has 2 heterocycles. The number of nitrogens with zero attached hydrogens (tertiary/aromatic N) is 2. The van der Waals surface area contributed by atoms with Crippen molar-refractivity contribution in [3.8, 4) is 0 Å². The van der Waals surface area contributed by atoms with E-state index in [2.05, 4.69) is 64.4 Å². The molecule has 0 aliphatic rings. The van der Waals surface area contributed by atoms with Crippen molar-refractivity contribution in [2.45, 2.75) is 20.0 Å². The van der Waals surface area contributed by atoms with E-state index in [0.717, 1.165) is 19.6 Å². The zero-order chi connectivity index (χ0) is 13.8. The number of para-hydroxylation sites is 1. The normalized spacial score (nSPS) is 11.1. The Balaban J connectivity index is 1.98. The highest BCUT2D eigenvalue weighted by molar-refractivity contribution is 5.83. The van der Waals surface area contributed by atoms with Crippen LogP contribution in [0.15, 0.2) is 55.0 Å². The predicted octanol–water partition coefficient (Wildman–Crippen LogP) is 3.19. The molecule has 0 fully saturated rings. The van der Waals surface area contributed by atoms with Crippen molar-refractivity contribution in [1.82, 2.24) is 14.9 Å². The molecule has 1 N–H and O–H groups in total. The molecule has 0 bridgehead atoms.